The molecule has 0 N–H and O–H groups in total. The van der Waals surface area contributed by atoms with E-state index in [0.29, 0.717) is 13.0 Å². The van der Waals surface area contributed by atoms with E-state index in [1.807, 2.05) is 18.2 Å². The number of esters is 1. The molecule has 0 aromatic heterocycles. The van der Waals surface area contributed by atoms with Gasteiger partial charge in [0, 0.05) is 22.3 Å². The van der Waals surface area contributed by atoms with Crippen LogP contribution in [-0.4, -0.2) is 12.6 Å². The molecule has 14 heavy (non-hydrogen) atoms. The van der Waals surface area contributed by atoms with Gasteiger partial charge in [0.25, 0.3) is 0 Å². The summed E-state index contributed by atoms with van der Waals surface area (Å²) >= 11 is 6.89. The summed E-state index contributed by atoms with van der Waals surface area (Å²) in [7, 11) is 0. The molecule has 0 radical (unpaired) electrons. The minimum atomic E-state index is -0.242. The molecule has 4 heteroatoms. The maximum atomic E-state index is 10.6. The second kappa shape index (κ2) is 5.51. The Morgan fingerprint density at radius 1 is 1.36 bits per heavy atom. The lowest BCUT2D eigenvalue weighted by molar-refractivity contribution is -0.140. The van der Waals surface area contributed by atoms with Gasteiger partial charge in [-0.1, -0.05) is 37.9 Å². The lowest BCUT2D eigenvalue weighted by Crippen LogP contribution is -2.04. The molecular weight excluding hydrogens is 312 g/mol. The molecule has 0 fully saturated rings. The fourth-order valence-electron chi connectivity index (χ4n) is 1.07. The molecule has 0 spiro atoms. The van der Waals surface area contributed by atoms with Crippen molar-refractivity contribution in [2.24, 2.45) is 0 Å². The van der Waals surface area contributed by atoms with E-state index in [4.69, 9.17) is 4.74 Å². The molecule has 0 saturated heterocycles. The number of carbonyl (C=O) groups is 1. The number of hydrogen-bond acceptors (Lipinski definition) is 2. The van der Waals surface area contributed by atoms with Crippen molar-refractivity contribution in [2.45, 2.75) is 13.3 Å². The number of hydrogen-bond donors (Lipinski definition) is 0. The van der Waals surface area contributed by atoms with E-state index in [1.54, 1.807) is 0 Å². The van der Waals surface area contributed by atoms with Crippen molar-refractivity contribution < 1.29 is 9.53 Å². The van der Waals surface area contributed by atoms with Crippen LogP contribution in [0, 0.1) is 0 Å². The Hall–Kier alpha value is -0.350. The molecule has 76 valence electrons. The van der Waals surface area contributed by atoms with Crippen molar-refractivity contribution in [3.8, 4) is 0 Å². The summed E-state index contributed by atoms with van der Waals surface area (Å²) in [6.45, 7) is 1.83. The molecule has 1 rings (SSSR count). The Morgan fingerprint density at radius 3 is 2.43 bits per heavy atom. The van der Waals surface area contributed by atoms with E-state index in [2.05, 4.69) is 31.9 Å². The quantitative estimate of drug-likeness (QED) is 0.798. The molecule has 0 saturated carbocycles. The zero-order valence-corrected chi connectivity index (χ0v) is 10.9. The molecule has 0 atom stereocenters. The minimum absolute atomic E-state index is 0.242. The van der Waals surface area contributed by atoms with E-state index < -0.39 is 0 Å². The summed E-state index contributed by atoms with van der Waals surface area (Å²) in [4.78, 5) is 10.6. The van der Waals surface area contributed by atoms with Crippen LogP contribution in [0.15, 0.2) is 27.1 Å². The van der Waals surface area contributed by atoms with Crippen LogP contribution < -0.4 is 0 Å². The van der Waals surface area contributed by atoms with Crippen molar-refractivity contribution in [1.82, 2.24) is 0 Å². The third kappa shape index (κ3) is 3.42. The fourth-order valence-corrected chi connectivity index (χ4v) is 2.46. The second-order valence-electron chi connectivity index (χ2n) is 2.79. The van der Waals surface area contributed by atoms with Gasteiger partial charge in [-0.25, -0.2) is 0 Å². The third-order valence-corrected chi connectivity index (χ3v) is 3.20. The van der Waals surface area contributed by atoms with Gasteiger partial charge in [-0.3, -0.25) is 4.79 Å². The topological polar surface area (TPSA) is 26.3 Å². The highest BCUT2D eigenvalue weighted by atomic mass is 79.9. The molecule has 0 amide bonds. The number of benzene rings is 1. The predicted molar refractivity (Wildman–Crippen MR) is 62.2 cm³/mol. The predicted octanol–water partition coefficient (Wildman–Crippen LogP) is 3.32. The Bertz CT molecular complexity index is 317. The van der Waals surface area contributed by atoms with Crippen LogP contribution in [0.1, 0.15) is 12.5 Å². The molecular formula is C10H10Br2O2. The van der Waals surface area contributed by atoms with Crippen LogP contribution in [0.3, 0.4) is 0 Å². The summed E-state index contributed by atoms with van der Waals surface area (Å²) in [5.74, 6) is -0.242. The smallest absolute Gasteiger partial charge is 0.302 e. The monoisotopic (exact) mass is 320 g/mol. The maximum absolute atomic E-state index is 10.6. The van der Waals surface area contributed by atoms with Crippen LogP contribution in [-0.2, 0) is 16.0 Å². The van der Waals surface area contributed by atoms with Gasteiger partial charge in [0.2, 0.25) is 0 Å². The largest absolute Gasteiger partial charge is 0.466 e. The number of ether oxygens (including phenoxy) is 1. The highest BCUT2D eigenvalue weighted by Gasteiger charge is 2.04. The van der Waals surface area contributed by atoms with Crippen LogP contribution in [0.2, 0.25) is 0 Å². The average molecular weight is 322 g/mol. The molecule has 0 bridgehead atoms. The Labute approximate surface area is 99.9 Å². The van der Waals surface area contributed by atoms with Crippen LogP contribution in [0.5, 0.6) is 0 Å². The highest BCUT2D eigenvalue weighted by Crippen LogP contribution is 2.25. The SMILES string of the molecule is CC(=O)OCCc1c(Br)cccc1Br. The zero-order chi connectivity index (χ0) is 10.6. The first-order valence-corrected chi connectivity index (χ1v) is 5.76. The van der Waals surface area contributed by atoms with Crippen molar-refractivity contribution in [2.75, 3.05) is 6.61 Å². The number of halogens is 2. The van der Waals surface area contributed by atoms with Gasteiger partial charge in [-0.2, -0.15) is 0 Å². The molecule has 0 heterocycles. The highest BCUT2D eigenvalue weighted by molar-refractivity contribution is 9.11. The van der Waals surface area contributed by atoms with Crippen LogP contribution in [0.25, 0.3) is 0 Å². The zero-order valence-electron chi connectivity index (χ0n) is 7.72. The Morgan fingerprint density at radius 2 is 1.93 bits per heavy atom. The molecule has 1 aromatic rings. The average Bonchev–Trinajstić information content (AvgIpc) is 2.09. The van der Waals surface area contributed by atoms with Gasteiger partial charge in [0.1, 0.15) is 0 Å². The van der Waals surface area contributed by atoms with E-state index in [9.17, 15) is 4.79 Å². The lowest BCUT2D eigenvalue weighted by Gasteiger charge is -2.06. The molecule has 2 nitrogen and oxygen atoms in total. The number of carbonyl (C=O) groups excluding carboxylic acids is 1. The maximum Gasteiger partial charge on any atom is 0.302 e. The summed E-state index contributed by atoms with van der Waals surface area (Å²) in [5, 5.41) is 0. The van der Waals surface area contributed by atoms with Gasteiger partial charge in [0.15, 0.2) is 0 Å². The van der Waals surface area contributed by atoms with Gasteiger partial charge in [-0.05, 0) is 17.7 Å². The Balaban J connectivity index is 2.62. The first-order chi connectivity index (χ1) is 6.61. The Kier molecular flexibility index (Phi) is 4.62. The van der Waals surface area contributed by atoms with Crippen LogP contribution in [0.4, 0.5) is 0 Å². The van der Waals surface area contributed by atoms with E-state index in [0.717, 1.165) is 14.5 Å². The van der Waals surface area contributed by atoms with Gasteiger partial charge in [0.05, 0.1) is 6.61 Å². The van der Waals surface area contributed by atoms with Crippen molar-refractivity contribution in [1.29, 1.82) is 0 Å². The van der Waals surface area contributed by atoms with Gasteiger partial charge < -0.3 is 4.74 Å². The number of rotatable bonds is 3. The van der Waals surface area contributed by atoms with E-state index in [1.165, 1.54) is 6.92 Å². The first-order valence-electron chi connectivity index (χ1n) is 4.17. The molecule has 0 unspecified atom stereocenters. The van der Waals surface area contributed by atoms with Crippen molar-refractivity contribution in [3.05, 3.63) is 32.7 Å². The molecule has 1 aromatic carbocycles. The van der Waals surface area contributed by atoms with Crippen molar-refractivity contribution in [3.63, 3.8) is 0 Å². The summed E-state index contributed by atoms with van der Waals surface area (Å²) in [6, 6.07) is 5.88. The summed E-state index contributed by atoms with van der Waals surface area (Å²) < 4.78 is 6.93. The molecule has 0 aliphatic carbocycles. The van der Waals surface area contributed by atoms with E-state index in [-0.39, 0.29) is 5.97 Å². The second-order valence-corrected chi connectivity index (χ2v) is 4.50. The fraction of sp³-hybridized carbons (Fsp3) is 0.300. The van der Waals surface area contributed by atoms with Crippen molar-refractivity contribution >= 4 is 37.8 Å². The molecule has 0 aliphatic heterocycles. The lowest BCUT2D eigenvalue weighted by atomic mass is 10.2. The molecule has 0 aliphatic rings. The van der Waals surface area contributed by atoms with E-state index >= 15 is 0 Å². The first kappa shape index (κ1) is 11.7. The van der Waals surface area contributed by atoms with Gasteiger partial charge >= 0.3 is 5.97 Å². The minimum Gasteiger partial charge on any atom is -0.466 e. The summed E-state index contributed by atoms with van der Waals surface area (Å²) in [6.07, 6.45) is 0.710. The standard InChI is InChI=1S/C10H10Br2O2/c1-7(13)14-6-5-8-9(11)3-2-4-10(8)12/h2-4H,5-6H2,1H3. The van der Waals surface area contributed by atoms with Gasteiger partial charge in [-0.15, -0.1) is 0 Å². The summed E-state index contributed by atoms with van der Waals surface area (Å²) in [5.41, 5.74) is 1.12. The normalized spacial score (nSPS) is 9.93. The van der Waals surface area contributed by atoms with Crippen LogP contribution >= 0.6 is 31.9 Å². The third-order valence-electron chi connectivity index (χ3n) is 1.72.